The van der Waals surface area contributed by atoms with Crippen LogP contribution in [0.15, 0.2) is 18.3 Å². The standard InChI is InChI=1S/C18H17F6N5O/c19-17(20,21)13-3-1-11(9-25-13)28-7-5-10(6-8-28)15-12-2-4-14(30)26-16(12)29(27-15)18(22,23)24/h1,3,9-10H,2,4-8H2,(H,26,30). The highest BCUT2D eigenvalue weighted by molar-refractivity contribution is 5.93. The van der Waals surface area contributed by atoms with Gasteiger partial charge in [-0.15, -0.1) is 13.2 Å². The van der Waals surface area contributed by atoms with Crippen LogP contribution in [0, 0.1) is 0 Å². The van der Waals surface area contributed by atoms with Gasteiger partial charge in [0.05, 0.1) is 17.6 Å². The van der Waals surface area contributed by atoms with Crippen LogP contribution >= 0.6 is 0 Å². The van der Waals surface area contributed by atoms with E-state index in [4.69, 9.17) is 0 Å². The first-order chi connectivity index (χ1) is 14.0. The SMILES string of the molecule is O=C1CCc2c(C3CCN(c4ccc(C(F)(F)F)nc4)CC3)nn(C(F)(F)F)c2N1. The van der Waals surface area contributed by atoms with Crippen LogP contribution in [-0.2, 0) is 23.7 Å². The second kappa shape index (κ2) is 7.17. The number of hydrogen-bond acceptors (Lipinski definition) is 4. The van der Waals surface area contributed by atoms with Gasteiger partial charge in [0.2, 0.25) is 5.91 Å². The first-order valence-electron chi connectivity index (χ1n) is 9.31. The summed E-state index contributed by atoms with van der Waals surface area (Å²) in [7, 11) is 0. The average Bonchev–Trinajstić information content (AvgIpc) is 3.06. The van der Waals surface area contributed by atoms with Crippen LogP contribution in [0.1, 0.15) is 42.1 Å². The van der Waals surface area contributed by atoms with Crippen molar-refractivity contribution >= 4 is 17.4 Å². The zero-order chi connectivity index (χ0) is 21.7. The molecule has 0 spiro atoms. The first kappa shape index (κ1) is 20.5. The topological polar surface area (TPSA) is 63.1 Å². The molecule has 6 nitrogen and oxygen atoms in total. The fourth-order valence-corrected chi connectivity index (χ4v) is 3.94. The van der Waals surface area contributed by atoms with Crippen molar-refractivity contribution in [1.29, 1.82) is 0 Å². The summed E-state index contributed by atoms with van der Waals surface area (Å²) in [6.07, 6.45) is -6.86. The number of halogens is 6. The van der Waals surface area contributed by atoms with Gasteiger partial charge in [-0.25, -0.2) is 4.98 Å². The molecule has 2 aromatic rings. The van der Waals surface area contributed by atoms with Gasteiger partial charge in [-0.1, -0.05) is 0 Å². The maximum Gasteiger partial charge on any atom is 0.506 e. The third-order valence-corrected chi connectivity index (χ3v) is 5.40. The van der Waals surface area contributed by atoms with E-state index in [9.17, 15) is 31.1 Å². The van der Waals surface area contributed by atoms with Crippen molar-refractivity contribution in [1.82, 2.24) is 14.8 Å². The van der Waals surface area contributed by atoms with Crippen molar-refractivity contribution in [3.8, 4) is 0 Å². The van der Waals surface area contributed by atoms with Gasteiger partial charge in [-0.05, 0) is 31.4 Å². The zero-order valence-corrected chi connectivity index (χ0v) is 15.5. The molecule has 0 radical (unpaired) electrons. The van der Waals surface area contributed by atoms with Gasteiger partial charge < -0.3 is 10.2 Å². The number of nitrogens with zero attached hydrogens (tertiary/aromatic N) is 4. The minimum atomic E-state index is -4.75. The highest BCUT2D eigenvalue weighted by Crippen LogP contribution is 2.39. The van der Waals surface area contributed by atoms with Crippen LogP contribution in [0.2, 0.25) is 0 Å². The van der Waals surface area contributed by atoms with Crippen molar-refractivity contribution < 1.29 is 31.1 Å². The summed E-state index contributed by atoms with van der Waals surface area (Å²) in [6.45, 7) is 0.884. The Labute approximate surface area is 166 Å². The molecule has 12 heteroatoms. The van der Waals surface area contributed by atoms with E-state index in [0.29, 0.717) is 42.9 Å². The Bertz CT molecular complexity index is 942. The van der Waals surface area contributed by atoms with Crippen molar-refractivity contribution in [2.24, 2.45) is 0 Å². The third kappa shape index (κ3) is 3.82. The van der Waals surface area contributed by atoms with Crippen molar-refractivity contribution in [2.75, 3.05) is 23.3 Å². The molecule has 1 amide bonds. The lowest BCUT2D eigenvalue weighted by molar-refractivity contribution is -0.210. The quantitative estimate of drug-likeness (QED) is 0.727. The maximum absolute atomic E-state index is 13.3. The monoisotopic (exact) mass is 433 g/mol. The highest BCUT2D eigenvalue weighted by Gasteiger charge is 2.40. The molecular formula is C18H17F6N5O. The van der Waals surface area contributed by atoms with Crippen LogP contribution in [-0.4, -0.2) is 33.8 Å². The van der Waals surface area contributed by atoms with E-state index >= 15 is 0 Å². The molecule has 162 valence electrons. The van der Waals surface area contributed by atoms with Crippen LogP contribution < -0.4 is 10.2 Å². The Hall–Kier alpha value is -2.79. The van der Waals surface area contributed by atoms with Crippen molar-refractivity contribution in [3.63, 3.8) is 0 Å². The molecule has 2 aromatic heterocycles. The summed E-state index contributed by atoms with van der Waals surface area (Å²) in [5, 5.41) is 6.06. The molecule has 0 aliphatic carbocycles. The summed E-state index contributed by atoms with van der Waals surface area (Å²) in [6, 6.07) is 2.25. The van der Waals surface area contributed by atoms with E-state index in [0.717, 1.165) is 12.3 Å². The number of aromatic nitrogens is 3. The molecule has 2 aliphatic rings. The second-order valence-corrected chi connectivity index (χ2v) is 7.30. The number of rotatable bonds is 2. The minimum Gasteiger partial charge on any atom is -0.370 e. The Morgan fingerprint density at radius 3 is 2.30 bits per heavy atom. The number of carbonyl (C=O) groups is 1. The molecule has 2 aliphatic heterocycles. The minimum absolute atomic E-state index is 0.0825. The van der Waals surface area contributed by atoms with Gasteiger partial charge in [0, 0.05) is 31.0 Å². The van der Waals surface area contributed by atoms with Gasteiger partial charge >= 0.3 is 12.5 Å². The molecule has 0 aromatic carbocycles. The molecule has 4 heterocycles. The number of piperidine rings is 1. The number of pyridine rings is 1. The Balaban J connectivity index is 1.51. The van der Waals surface area contributed by atoms with E-state index in [1.165, 1.54) is 6.07 Å². The van der Waals surface area contributed by atoms with Crippen LogP contribution in [0.5, 0.6) is 0 Å². The molecule has 1 N–H and O–H groups in total. The number of anilines is 2. The summed E-state index contributed by atoms with van der Waals surface area (Å²) in [4.78, 5) is 16.9. The summed E-state index contributed by atoms with van der Waals surface area (Å²) in [5.74, 6) is -1.04. The molecule has 1 saturated heterocycles. The van der Waals surface area contributed by atoms with Gasteiger partial charge in [0.1, 0.15) is 11.5 Å². The smallest absolute Gasteiger partial charge is 0.370 e. The average molecular weight is 433 g/mol. The number of amides is 1. The molecule has 4 rings (SSSR count). The lowest BCUT2D eigenvalue weighted by Gasteiger charge is -2.33. The molecule has 1 fully saturated rings. The Morgan fingerprint density at radius 2 is 1.73 bits per heavy atom. The molecular weight excluding hydrogens is 416 g/mol. The predicted molar refractivity (Wildman–Crippen MR) is 93.9 cm³/mol. The van der Waals surface area contributed by atoms with Crippen molar-refractivity contribution in [3.05, 3.63) is 35.3 Å². The predicted octanol–water partition coefficient (Wildman–Crippen LogP) is 4.04. The third-order valence-electron chi connectivity index (χ3n) is 5.40. The van der Waals surface area contributed by atoms with Crippen LogP contribution in [0.25, 0.3) is 0 Å². The second-order valence-electron chi connectivity index (χ2n) is 7.30. The van der Waals surface area contributed by atoms with Gasteiger partial charge in [-0.2, -0.15) is 23.0 Å². The maximum atomic E-state index is 13.3. The number of nitrogens with one attached hydrogen (secondary N) is 1. The lowest BCUT2D eigenvalue weighted by atomic mass is 9.89. The fourth-order valence-electron chi connectivity index (χ4n) is 3.94. The van der Waals surface area contributed by atoms with E-state index in [1.807, 2.05) is 4.90 Å². The first-order valence-corrected chi connectivity index (χ1v) is 9.31. The van der Waals surface area contributed by atoms with Gasteiger partial charge in [0.25, 0.3) is 0 Å². The number of hydrogen-bond donors (Lipinski definition) is 1. The zero-order valence-electron chi connectivity index (χ0n) is 15.5. The number of fused-ring (bicyclic) bond motifs is 1. The van der Waals surface area contributed by atoms with Crippen LogP contribution in [0.4, 0.5) is 37.8 Å². The molecule has 0 atom stereocenters. The summed E-state index contributed by atoms with van der Waals surface area (Å²) < 4.78 is 77.9. The Morgan fingerprint density at radius 1 is 1.03 bits per heavy atom. The molecule has 0 bridgehead atoms. The van der Waals surface area contributed by atoms with Crippen molar-refractivity contribution in [2.45, 2.75) is 44.1 Å². The van der Waals surface area contributed by atoms with E-state index < -0.39 is 24.1 Å². The molecule has 0 unspecified atom stereocenters. The summed E-state index contributed by atoms with van der Waals surface area (Å²) >= 11 is 0. The van der Waals surface area contributed by atoms with Gasteiger partial charge in [0.15, 0.2) is 0 Å². The number of carbonyl (C=O) groups excluding carboxylic acids is 1. The fraction of sp³-hybridized carbons (Fsp3) is 0.500. The largest absolute Gasteiger partial charge is 0.506 e. The Kier molecular flexibility index (Phi) is 4.89. The molecule has 0 saturated carbocycles. The van der Waals surface area contributed by atoms with Gasteiger partial charge in [-0.3, -0.25) is 4.79 Å². The van der Waals surface area contributed by atoms with E-state index in [1.54, 1.807) is 0 Å². The number of alkyl halides is 6. The summed E-state index contributed by atoms with van der Waals surface area (Å²) in [5.41, 5.74) is 0.276. The highest BCUT2D eigenvalue weighted by atomic mass is 19.4. The van der Waals surface area contributed by atoms with E-state index in [-0.39, 0.29) is 29.3 Å². The molecule has 30 heavy (non-hydrogen) atoms. The lowest BCUT2D eigenvalue weighted by Crippen LogP contribution is -2.33. The normalized spacial score (nSPS) is 18.3. The van der Waals surface area contributed by atoms with Crippen LogP contribution in [0.3, 0.4) is 0 Å². The van der Waals surface area contributed by atoms with E-state index in [2.05, 4.69) is 15.4 Å².